The van der Waals surface area contributed by atoms with Gasteiger partial charge in [0, 0.05) is 19.5 Å². The fourth-order valence-electron chi connectivity index (χ4n) is 4.96. The zero-order chi connectivity index (χ0) is 34.0. The van der Waals surface area contributed by atoms with E-state index in [2.05, 4.69) is 5.32 Å². The molecule has 0 aliphatic rings. The minimum Gasteiger partial charge on any atom is -0.497 e. The Balaban J connectivity index is 1.80. The van der Waals surface area contributed by atoms with Gasteiger partial charge in [0.05, 0.1) is 24.8 Å². The highest BCUT2D eigenvalue weighted by Crippen LogP contribution is 2.27. The van der Waals surface area contributed by atoms with Gasteiger partial charge < -0.3 is 19.7 Å². The van der Waals surface area contributed by atoms with Crippen LogP contribution >= 0.6 is 0 Å². The van der Waals surface area contributed by atoms with Gasteiger partial charge in [0.25, 0.3) is 10.0 Å². The molecule has 11 heteroatoms. The fraction of sp³-hybridized carbons (Fsp3) is 0.278. The second-order valence-corrected chi connectivity index (χ2v) is 13.2. The van der Waals surface area contributed by atoms with E-state index in [1.807, 2.05) is 44.2 Å². The molecule has 0 heterocycles. The predicted molar refractivity (Wildman–Crippen MR) is 179 cm³/mol. The van der Waals surface area contributed by atoms with Crippen molar-refractivity contribution >= 4 is 27.5 Å². The average Bonchev–Trinajstić information content (AvgIpc) is 3.08. The fourth-order valence-corrected chi connectivity index (χ4v) is 6.37. The number of sulfonamides is 1. The van der Waals surface area contributed by atoms with Gasteiger partial charge in [0.1, 0.15) is 29.9 Å². The Hall–Kier alpha value is -4.90. The van der Waals surface area contributed by atoms with E-state index < -0.39 is 34.3 Å². The lowest BCUT2D eigenvalue weighted by atomic mass is 10.0. The van der Waals surface area contributed by atoms with Crippen molar-refractivity contribution in [3.05, 3.63) is 120 Å². The number of halogens is 1. The molecule has 47 heavy (non-hydrogen) atoms. The van der Waals surface area contributed by atoms with E-state index >= 15 is 0 Å². The van der Waals surface area contributed by atoms with Crippen LogP contribution in [0.25, 0.3) is 0 Å². The zero-order valence-electron chi connectivity index (χ0n) is 26.9. The first-order valence-corrected chi connectivity index (χ1v) is 16.6. The Kier molecular flexibility index (Phi) is 12.0. The highest BCUT2D eigenvalue weighted by molar-refractivity contribution is 7.92. The van der Waals surface area contributed by atoms with E-state index in [1.54, 1.807) is 24.3 Å². The second kappa shape index (κ2) is 16.1. The normalized spacial score (nSPS) is 11.9. The maximum Gasteiger partial charge on any atom is 0.264 e. The first-order valence-electron chi connectivity index (χ1n) is 15.2. The summed E-state index contributed by atoms with van der Waals surface area (Å²) in [5.74, 6) is -0.392. The lowest BCUT2D eigenvalue weighted by molar-refractivity contribution is -0.140. The number of rotatable bonds is 15. The highest BCUT2D eigenvalue weighted by Gasteiger charge is 2.34. The Morgan fingerprint density at radius 3 is 2.06 bits per heavy atom. The molecule has 0 fully saturated rings. The lowest BCUT2D eigenvalue weighted by Crippen LogP contribution is -2.53. The molecule has 4 aromatic carbocycles. The molecule has 4 aromatic rings. The number of hydrogen-bond acceptors (Lipinski definition) is 6. The number of anilines is 1. The molecule has 0 radical (unpaired) electrons. The van der Waals surface area contributed by atoms with Crippen LogP contribution in [-0.2, 0) is 32.6 Å². The van der Waals surface area contributed by atoms with Gasteiger partial charge in [0.15, 0.2) is 0 Å². The summed E-state index contributed by atoms with van der Waals surface area (Å²) in [6.07, 6.45) is 0.183. The molecule has 1 atom stereocenters. The number of nitrogens with zero attached hydrogens (tertiary/aromatic N) is 2. The van der Waals surface area contributed by atoms with E-state index in [9.17, 15) is 22.4 Å². The van der Waals surface area contributed by atoms with Crippen LogP contribution in [0.15, 0.2) is 108 Å². The molecule has 0 saturated carbocycles. The van der Waals surface area contributed by atoms with Crippen LogP contribution in [0, 0.1) is 11.7 Å². The largest absolute Gasteiger partial charge is 0.497 e. The zero-order valence-corrected chi connectivity index (χ0v) is 27.7. The minimum atomic E-state index is -4.34. The third-order valence-corrected chi connectivity index (χ3v) is 9.27. The quantitative estimate of drug-likeness (QED) is 0.182. The van der Waals surface area contributed by atoms with Crippen molar-refractivity contribution in [2.45, 2.75) is 37.8 Å². The van der Waals surface area contributed by atoms with Gasteiger partial charge in [-0.1, -0.05) is 56.3 Å². The summed E-state index contributed by atoms with van der Waals surface area (Å²) in [6.45, 7) is 3.65. The molecule has 248 valence electrons. The van der Waals surface area contributed by atoms with E-state index in [0.29, 0.717) is 23.6 Å². The first-order chi connectivity index (χ1) is 22.5. The smallest absolute Gasteiger partial charge is 0.264 e. The summed E-state index contributed by atoms with van der Waals surface area (Å²) < 4.78 is 53.7. The summed E-state index contributed by atoms with van der Waals surface area (Å²) in [4.78, 5) is 29.7. The molecular formula is C36H40FN3O6S. The Bertz CT molecular complexity index is 1730. The summed E-state index contributed by atoms with van der Waals surface area (Å²) in [5.41, 5.74) is 1.58. The van der Waals surface area contributed by atoms with Crippen molar-refractivity contribution in [2.24, 2.45) is 5.92 Å². The number of carbonyl (C=O) groups excluding carboxylic acids is 2. The molecule has 9 nitrogen and oxygen atoms in total. The van der Waals surface area contributed by atoms with Crippen LogP contribution in [0.1, 0.15) is 25.0 Å². The van der Waals surface area contributed by atoms with Crippen molar-refractivity contribution in [3.8, 4) is 11.5 Å². The topological polar surface area (TPSA) is 105 Å². The van der Waals surface area contributed by atoms with Crippen LogP contribution in [0.4, 0.5) is 10.1 Å². The van der Waals surface area contributed by atoms with Gasteiger partial charge in [-0.15, -0.1) is 0 Å². The van der Waals surface area contributed by atoms with Crippen molar-refractivity contribution in [2.75, 3.05) is 31.6 Å². The van der Waals surface area contributed by atoms with Crippen LogP contribution in [-0.4, -0.2) is 58.5 Å². The van der Waals surface area contributed by atoms with Crippen molar-refractivity contribution in [1.82, 2.24) is 10.2 Å². The molecule has 0 bridgehead atoms. The van der Waals surface area contributed by atoms with Crippen molar-refractivity contribution in [3.63, 3.8) is 0 Å². The lowest BCUT2D eigenvalue weighted by Gasteiger charge is -2.34. The van der Waals surface area contributed by atoms with Crippen LogP contribution < -0.4 is 19.1 Å². The number of ether oxygens (including phenoxy) is 2. The van der Waals surface area contributed by atoms with Gasteiger partial charge in [-0.05, 0) is 77.7 Å². The van der Waals surface area contributed by atoms with E-state index in [0.717, 1.165) is 22.0 Å². The summed E-state index contributed by atoms with van der Waals surface area (Å²) in [5, 5.41) is 2.96. The molecule has 0 aliphatic heterocycles. The molecule has 4 rings (SSSR count). The van der Waals surface area contributed by atoms with E-state index in [1.165, 1.54) is 55.5 Å². The SMILES string of the molecule is COc1ccc(S(=O)(=O)N(CC(=O)N(Cc2cccc(OC)c2)[C@@H](Cc2ccccc2)C(=O)NCC(C)C)c2ccc(F)cc2)cc1. The molecule has 2 amide bonds. The number of amides is 2. The highest BCUT2D eigenvalue weighted by atomic mass is 32.2. The second-order valence-electron chi connectivity index (χ2n) is 11.4. The summed E-state index contributed by atoms with van der Waals surface area (Å²) in [7, 11) is -1.35. The molecule has 0 aromatic heterocycles. The standard InChI is InChI=1S/C36H40FN3O6S/c1-26(2)23-38-36(42)34(22-27-9-6-5-7-10-27)39(24-28-11-8-12-32(21-28)46-4)35(41)25-40(30-15-13-29(37)14-16-30)47(43,44)33-19-17-31(45-3)18-20-33/h5-21,26,34H,22-25H2,1-4H3,(H,38,42)/t34-/m0/s1. The summed E-state index contributed by atoms with van der Waals surface area (Å²) >= 11 is 0. The minimum absolute atomic E-state index is 0.0114. The maximum atomic E-state index is 14.5. The third kappa shape index (κ3) is 9.32. The number of benzene rings is 4. The van der Waals surface area contributed by atoms with Crippen molar-refractivity contribution in [1.29, 1.82) is 0 Å². The van der Waals surface area contributed by atoms with Crippen LogP contribution in [0.5, 0.6) is 11.5 Å². The number of hydrogen-bond donors (Lipinski definition) is 1. The van der Waals surface area contributed by atoms with Gasteiger partial charge in [-0.3, -0.25) is 13.9 Å². The molecular weight excluding hydrogens is 621 g/mol. The van der Waals surface area contributed by atoms with Crippen molar-refractivity contribution < 1.29 is 31.9 Å². The Labute approximate surface area is 276 Å². The summed E-state index contributed by atoms with van der Waals surface area (Å²) in [6, 6.07) is 26.0. The van der Waals surface area contributed by atoms with Crippen LogP contribution in [0.2, 0.25) is 0 Å². The molecule has 0 unspecified atom stereocenters. The van der Waals surface area contributed by atoms with E-state index in [-0.39, 0.29) is 35.4 Å². The molecule has 0 saturated heterocycles. The maximum absolute atomic E-state index is 14.5. The predicted octanol–water partition coefficient (Wildman–Crippen LogP) is 5.45. The van der Waals surface area contributed by atoms with E-state index in [4.69, 9.17) is 9.47 Å². The Morgan fingerprint density at radius 1 is 0.809 bits per heavy atom. The van der Waals surface area contributed by atoms with Crippen LogP contribution in [0.3, 0.4) is 0 Å². The van der Waals surface area contributed by atoms with Gasteiger partial charge in [-0.2, -0.15) is 0 Å². The molecule has 0 spiro atoms. The Morgan fingerprint density at radius 2 is 1.45 bits per heavy atom. The monoisotopic (exact) mass is 661 g/mol. The average molecular weight is 662 g/mol. The van der Waals surface area contributed by atoms with Gasteiger partial charge in [-0.25, -0.2) is 12.8 Å². The number of carbonyl (C=O) groups is 2. The molecule has 0 aliphatic carbocycles. The van der Waals surface area contributed by atoms with Gasteiger partial charge in [0.2, 0.25) is 11.8 Å². The number of methoxy groups -OCH3 is 2. The first kappa shape index (κ1) is 35.0. The third-order valence-electron chi connectivity index (χ3n) is 7.48. The van der Waals surface area contributed by atoms with Gasteiger partial charge >= 0.3 is 0 Å². The molecule has 1 N–H and O–H groups in total. The number of nitrogens with one attached hydrogen (secondary N) is 1.